The molecule has 1 aliphatic heterocycles. The molecule has 186 valence electrons. The van der Waals surface area contributed by atoms with Gasteiger partial charge in [0.1, 0.15) is 5.78 Å². The van der Waals surface area contributed by atoms with Crippen molar-refractivity contribution >= 4 is 11.7 Å². The van der Waals surface area contributed by atoms with Gasteiger partial charge in [0.2, 0.25) is 5.91 Å². The van der Waals surface area contributed by atoms with Crippen LogP contribution in [0.3, 0.4) is 0 Å². The standard InChI is InChI=1S/C28H41N3O3/c1-3-25(32)15-9-5-8-14-24(28-30-20-26(34-28)23-12-6-4-7-13-23)19-29-27(33)17-16-22-11-10-18-31(2)21-22/h4,6-7,12-13,20,22,24H,3,5,8-11,14-19,21H2,1-2H3,(H,29,33). The number of aromatic nitrogens is 1. The van der Waals surface area contributed by atoms with Crippen LogP contribution in [0.2, 0.25) is 0 Å². The van der Waals surface area contributed by atoms with Gasteiger partial charge in [0, 0.05) is 37.9 Å². The summed E-state index contributed by atoms with van der Waals surface area (Å²) in [6, 6.07) is 9.96. The maximum atomic E-state index is 12.6. The van der Waals surface area contributed by atoms with Crippen molar-refractivity contribution in [2.24, 2.45) is 5.92 Å². The van der Waals surface area contributed by atoms with Gasteiger partial charge in [-0.15, -0.1) is 0 Å². The highest BCUT2D eigenvalue weighted by Gasteiger charge is 2.21. The molecular weight excluding hydrogens is 426 g/mol. The molecular formula is C28H41N3O3. The number of rotatable bonds is 14. The van der Waals surface area contributed by atoms with Crippen LogP contribution in [0.15, 0.2) is 40.9 Å². The molecule has 1 amide bonds. The van der Waals surface area contributed by atoms with Crippen molar-refractivity contribution in [3.8, 4) is 11.3 Å². The SMILES string of the molecule is CCC(=O)CCCCCC(CNC(=O)CCC1CCCN(C)C1)c1ncc(-c2ccccc2)o1. The second-order valence-corrected chi connectivity index (χ2v) is 9.73. The molecule has 1 N–H and O–H groups in total. The van der Waals surface area contributed by atoms with Gasteiger partial charge < -0.3 is 14.6 Å². The fraction of sp³-hybridized carbons (Fsp3) is 0.607. The van der Waals surface area contributed by atoms with Gasteiger partial charge in [0.05, 0.1) is 12.1 Å². The van der Waals surface area contributed by atoms with E-state index in [4.69, 9.17) is 4.42 Å². The number of hydrogen-bond donors (Lipinski definition) is 1. The first-order valence-electron chi connectivity index (χ1n) is 13.0. The summed E-state index contributed by atoms with van der Waals surface area (Å²) in [4.78, 5) is 31.1. The number of piperidine rings is 1. The summed E-state index contributed by atoms with van der Waals surface area (Å²) in [5.74, 6) is 2.52. The molecule has 2 unspecified atom stereocenters. The first-order chi connectivity index (χ1) is 16.5. The summed E-state index contributed by atoms with van der Waals surface area (Å²) < 4.78 is 6.12. The molecule has 1 aromatic carbocycles. The fourth-order valence-electron chi connectivity index (χ4n) is 4.76. The summed E-state index contributed by atoms with van der Waals surface area (Å²) in [5, 5.41) is 3.14. The number of unbranched alkanes of at least 4 members (excludes halogenated alkanes) is 2. The van der Waals surface area contributed by atoms with Crippen LogP contribution in [-0.4, -0.2) is 48.3 Å². The second kappa shape index (κ2) is 14.1. The average Bonchev–Trinajstić information content (AvgIpc) is 3.35. The molecule has 6 nitrogen and oxygen atoms in total. The van der Waals surface area contributed by atoms with Gasteiger partial charge in [-0.05, 0) is 51.6 Å². The van der Waals surface area contributed by atoms with Gasteiger partial charge in [-0.25, -0.2) is 4.98 Å². The predicted molar refractivity (Wildman–Crippen MR) is 136 cm³/mol. The van der Waals surface area contributed by atoms with Gasteiger partial charge in [0.15, 0.2) is 11.7 Å². The number of carbonyl (C=O) groups excluding carboxylic acids is 2. The van der Waals surface area contributed by atoms with Gasteiger partial charge in [-0.1, -0.05) is 50.1 Å². The van der Waals surface area contributed by atoms with Crippen molar-refractivity contribution in [1.29, 1.82) is 0 Å². The summed E-state index contributed by atoms with van der Waals surface area (Å²) in [7, 11) is 2.16. The minimum Gasteiger partial charge on any atom is -0.440 e. The maximum absolute atomic E-state index is 12.6. The summed E-state index contributed by atoms with van der Waals surface area (Å²) >= 11 is 0. The van der Waals surface area contributed by atoms with E-state index >= 15 is 0 Å². The number of likely N-dealkylation sites (tertiary alicyclic amines) is 1. The topological polar surface area (TPSA) is 75.4 Å². The van der Waals surface area contributed by atoms with Gasteiger partial charge >= 0.3 is 0 Å². The van der Waals surface area contributed by atoms with Crippen LogP contribution in [0.25, 0.3) is 11.3 Å². The van der Waals surface area contributed by atoms with E-state index in [0.29, 0.717) is 43.4 Å². The highest BCUT2D eigenvalue weighted by molar-refractivity contribution is 5.77. The quantitative estimate of drug-likeness (QED) is 0.366. The Morgan fingerprint density at radius 3 is 2.76 bits per heavy atom. The Kier molecular flexibility index (Phi) is 10.8. The largest absolute Gasteiger partial charge is 0.440 e. The van der Waals surface area contributed by atoms with Crippen molar-refractivity contribution in [3.05, 3.63) is 42.4 Å². The summed E-state index contributed by atoms with van der Waals surface area (Å²) in [6.45, 7) is 4.71. The van der Waals surface area contributed by atoms with E-state index in [1.807, 2.05) is 37.3 Å². The minimum atomic E-state index is 0.0316. The fourth-order valence-corrected chi connectivity index (χ4v) is 4.76. The molecule has 2 heterocycles. The van der Waals surface area contributed by atoms with E-state index in [2.05, 4.69) is 22.2 Å². The molecule has 1 aliphatic rings. The van der Waals surface area contributed by atoms with Crippen molar-refractivity contribution in [1.82, 2.24) is 15.2 Å². The smallest absolute Gasteiger partial charge is 0.220 e. The summed E-state index contributed by atoms with van der Waals surface area (Å²) in [5.41, 5.74) is 1.000. The van der Waals surface area contributed by atoms with Crippen LogP contribution < -0.4 is 5.32 Å². The Labute approximate surface area is 204 Å². The van der Waals surface area contributed by atoms with Crippen molar-refractivity contribution in [2.75, 3.05) is 26.7 Å². The Hall–Kier alpha value is -2.47. The first-order valence-corrected chi connectivity index (χ1v) is 13.0. The third-order valence-corrected chi connectivity index (χ3v) is 6.88. The molecule has 34 heavy (non-hydrogen) atoms. The molecule has 1 fully saturated rings. The van der Waals surface area contributed by atoms with Crippen LogP contribution in [0.1, 0.15) is 82.9 Å². The van der Waals surface area contributed by atoms with E-state index in [0.717, 1.165) is 56.5 Å². The van der Waals surface area contributed by atoms with Crippen molar-refractivity contribution < 1.29 is 14.0 Å². The van der Waals surface area contributed by atoms with Gasteiger partial charge in [-0.2, -0.15) is 0 Å². The molecule has 1 saturated heterocycles. The first kappa shape index (κ1) is 26.1. The van der Waals surface area contributed by atoms with E-state index in [-0.39, 0.29) is 11.8 Å². The molecule has 0 aliphatic carbocycles. The summed E-state index contributed by atoms with van der Waals surface area (Å²) in [6.07, 6.45) is 10.8. The molecule has 2 aromatic rings. The van der Waals surface area contributed by atoms with Crippen LogP contribution in [0, 0.1) is 5.92 Å². The number of oxazole rings is 1. The normalized spacial score (nSPS) is 17.4. The van der Waals surface area contributed by atoms with E-state index in [1.54, 1.807) is 6.20 Å². The lowest BCUT2D eigenvalue weighted by Crippen LogP contribution is -2.33. The number of nitrogens with zero attached hydrogens (tertiary/aromatic N) is 2. The lowest BCUT2D eigenvalue weighted by Gasteiger charge is -2.29. The molecule has 3 rings (SSSR count). The Balaban J connectivity index is 1.52. The predicted octanol–water partition coefficient (Wildman–Crippen LogP) is 5.59. The zero-order valence-corrected chi connectivity index (χ0v) is 20.9. The molecule has 0 saturated carbocycles. The third-order valence-electron chi connectivity index (χ3n) is 6.88. The van der Waals surface area contributed by atoms with Crippen molar-refractivity contribution in [3.63, 3.8) is 0 Å². The third kappa shape index (κ3) is 8.71. The van der Waals surface area contributed by atoms with Crippen LogP contribution in [0.5, 0.6) is 0 Å². The number of ketones is 1. The monoisotopic (exact) mass is 467 g/mol. The lowest BCUT2D eigenvalue weighted by atomic mass is 9.93. The molecule has 0 radical (unpaired) electrons. The van der Waals surface area contributed by atoms with Crippen LogP contribution in [-0.2, 0) is 9.59 Å². The van der Waals surface area contributed by atoms with Gasteiger partial charge in [-0.3, -0.25) is 9.59 Å². The zero-order chi connectivity index (χ0) is 24.2. The molecule has 6 heteroatoms. The minimum absolute atomic E-state index is 0.0316. The number of carbonyl (C=O) groups is 2. The molecule has 2 atom stereocenters. The second-order valence-electron chi connectivity index (χ2n) is 9.73. The maximum Gasteiger partial charge on any atom is 0.220 e. The number of Topliss-reactive ketones (excluding diaryl/α,β-unsaturated/α-hetero) is 1. The number of benzene rings is 1. The number of nitrogens with one attached hydrogen (secondary N) is 1. The Morgan fingerprint density at radius 1 is 1.18 bits per heavy atom. The highest BCUT2D eigenvalue weighted by atomic mass is 16.4. The van der Waals surface area contributed by atoms with Gasteiger partial charge in [0.25, 0.3) is 0 Å². The van der Waals surface area contributed by atoms with Crippen LogP contribution >= 0.6 is 0 Å². The molecule has 0 bridgehead atoms. The zero-order valence-electron chi connectivity index (χ0n) is 20.9. The Bertz CT molecular complexity index is 880. The lowest BCUT2D eigenvalue weighted by molar-refractivity contribution is -0.121. The molecule has 1 aromatic heterocycles. The number of hydrogen-bond acceptors (Lipinski definition) is 5. The van der Waals surface area contributed by atoms with E-state index in [1.165, 1.54) is 12.8 Å². The number of amides is 1. The average molecular weight is 468 g/mol. The van der Waals surface area contributed by atoms with E-state index in [9.17, 15) is 9.59 Å². The Morgan fingerprint density at radius 2 is 2.00 bits per heavy atom. The van der Waals surface area contributed by atoms with Crippen molar-refractivity contribution in [2.45, 2.75) is 77.0 Å². The van der Waals surface area contributed by atoms with Crippen LogP contribution in [0.4, 0.5) is 0 Å². The molecule has 0 spiro atoms. The van der Waals surface area contributed by atoms with E-state index < -0.39 is 0 Å². The highest BCUT2D eigenvalue weighted by Crippen LogP contribution is 2.27.